The third-order valence-electron chi connectivity index (χ3n) is 5.77. The highest BCUT2D eigenvalue weighted by molar-refractivity contribution is 5.91. The Bertz CT molecular complexity index is 944. The average Bonchev–Trinajstić information content (AvgIpc) is 3.14. The number of amides is 2. The van der Waals surface area contributed by atoms with Crippen LogP contribution in [0.15, 0.2) is 47.1 Å². The van der Waals surface area contributed by atoms with Gasteiger partial charge in [0, 0.05) is 38.2 Å². The van der Waals surface area contributed by atoms with Crippen LogP contribution in [-0.4, -0.2) is 54.6 Å². The maximum atomic E-state index is 12.9. The van der Waals surface area contributed by atoms with E-state index in [0.29, 0.717) is 31.9 Å². The molecule has 0 bridgehead atoms. The Morgan fingerprint density at radius 2 is 1.79 bits per heavy atom. The van der Waals surface area contributed by atoms with E-state index in [9.17, 15) is 9.59 Å². The van der Waals surface area contributed by atoms with Gasteiger partial charge in [0.05, 0.1) is 6.26 Å². The van der Waals surface area contributed by atoms with Crippen LogP contribution in [0.5, 0.6) is 11.5 Å². The van der Waals surface area contributed by atoms with Crippen LogP contribution >= 0.6 is 0 Å². The summed E-state index contributed by atoms with van der Waals surface area (Å²) in [6.07, 6.45) is 5.62. The van der Waals surface area contributed by atoms with Gasteiger partial charge in [0.1, 0.15) is 5.76 Å². The molecule has 3 aliphatic rings. The Labute approximate surface area is 168 Å². The summed E-state index contributed by atoms with van der Waals surface area (Å²) in [5.74, 6) is 2.57. The zero-order valence-electron chi connectivity index (χ0n) is 16.0. The zero-order valence-corrected chi connectivity index (χ0v) is 16.0. The van der Waals surface area contributed by atoms with E-state index in [4.69, 9.17) is 13.9 Å². The monoisotopic (exact) mass is 394 g/mol. The first-order valence-corrected chi connectivity index (χ1v) is 9.88. The third kappa shape index (κ3) is 3.60. The van der Waals surface area contributed by atoms with Gasteiger partial charge in [0.25, 0.3) is 0 Å². The van der Waals surface area contributed by atoms with E-state index < -0.39 is 0 Å². The molecule has 1 aromatic carbocycles. The minimum Gasteiger partial charge on any atom is -0.465 e. The van der Waals surface area contributed by atoms with Crippen molar-refractivity contribution in [2.45, 2.75) is 12.3 Å². The summed E-state index contributed by atoms with van der Waals surface area (Å²) >= 11 is 0. The van der Waals surface area contributed by atoms with Gasteiger partial charge in [-0.1, -0.05) is 6.07 Å². The molecular weight excluding hydrogens is 372 g/mol. The van der Waals surface area contributed by atoms with E-state index in [2.05, 4.69) is 0 Å². The topological polar surface area (TPSA) is 72.2 Å². The molecule has 3 heterocycles. The summed E-state index contributed by atoms with van der Waals surface area (Å²) in [5.41, 5.74) is 1.13. The highest BCUT2D eigenvalue weighted by Crippen LogP contribution is 2.50. The predicted molar refractivity (Wildman–Crippen MR) is 104 cm³/mol. The summed E-state index contributed by atoms with van der Waals surface area (Å²) in [4.78, 5) is 28.8. The number of furan rings is 1. The molecule has 0 N–H and O–H groups in total. The molecule has 2 unspecified atom stereocenters. The van der Waals surface area contributed by atoms with Crippen LogP contribution in [-0.2, 0) is 9.59 Å². The van der Waals surface area contributed by atoms with Gasteiger partial charge in [-0.05, 0) is 48.2 Å². The van der Waals surface area contributed by atoms with Crippen molar-refractivity contribution < 1.29 is 23.5 Å². The molecule has 1 aliphatic carbocycles. The molecular formula is C22H22N2O5. The molecule has 2 atom stereocenters. The second-order valence-electron chi connectivity index (χ2n) is 7.56. The fraction of sp³-hybridized carbons (Fsp3) is 0.364. The SMILES string of the molecule is O=C(/C=C/c1ccco1)N1CCN(C(=O)C2CC2c2ccc3c(c2)OCO3)CC1. The number of ether oxygens (including phenoxy) is 2. The molecule has 150 valence electrons. The summed E-state index contributed by atoms with van der Waals surface area (Å²) in [6.45, 7) is 2.50. The summed E-state index contributed by atoms with van der Waals surface area (Å²) in [5, 5.41) is 0. The van der Waals surface area contributed by atoms with Gasteiger partial charge < -0.3 is 23.7 Å². The standard InChI is InChI=1S/C22H22N2O5/c25-21(6-4-16-2-1-11-27-16)23-7-9-24(10-8-23)22(26)18-13-17(18)15-3-5-19-20(12-15)29-14-28-19/h1-6,11-12,17-18H,7-10,13-14H2/b6-4+. The third-order valence-corrected chi connectivity index (χ3v) is 5.77. The van der Waals surface area contributed by atoms with Crippen molar-refractivity contribution in [3.63, 3.8) is 0 Å². The lowest BCUT2D eigenvalue weighted by Crippen LogP contribution is -2.50. The molecule has 1 saturated heterocycles. The number of rotatable bonds is 4. The van der Waals surface area contributed by atoms with Gasteiger partial charge in [-0.25, -0.2) is 0 Å². The fourth-order valence-electron chi connectivity index (χ4n) is 4.01. The van der Waals surface area contributed by atoms with Gasteiger partial charge >= 0.3 is 0 Å². The first kappa shape index (κ1) is 17.8. The van der Waals surface area contributed by atoms with E-state index in [0.717, 1.165) is 23.5 Å². The molecule has 2 fully saturated rings. The molecule has 1 aromatic heterocycles. The molecule has 5 rings (SSSR count). The quantitative estimate of drug-likeness (QED) is 0.745. The van der Waals surface area contributed by atoms with E-state index in [1.807, 2.05) is 23.1 Å². The van der Waals surface area contributed by atoms with Gasteiger partial charge in [-0.3, -0.25) is 9.59 Å². The van der Waals surface area contributed by atoms with Gasteiger partial charge in [-0.15, -0.1) is 0 Å². The Morgan fingerprint density at radius 3 is 2.59 bits per heavy atom. The number of hydrogen-bond acceptors (Lipinski definition) is 5. The van der Waals surface area contributed by atoms with Gasteiger partial charge in [0.2, 0.25) is 18.6 Å². The van der Waals surface area contributed by atoms with Gasteiger partial charge in [-0.2, -0.15) is 0 Å². The number of benzene rings is 1. The largest absolute Gasteiger partial charge is 0.465 e. The average molecular weight is 394 g/mol. The van der Waals surface area contributed by atoms with Crippen molar-refractivity contribution in [1.82, 2.24) is 9.80 Å². The lowest BCUT2D eigenvalue weighted by atomic mass is 10.1. The van der Waals surface area contributed by atoms with Crippen molar-refractivity contribution in [3.05, 3.63) is 54.0 Å². The number of fused-ring (bicyclic) bond motifs is 1. The minimum absolute atomic E-state index is 0.0245. The molecule has 2 aliphatic heterocycles. The number of carbonyl (C=O) groups is 2. The van der Waals surface area contributed by atoms with E-state index >= 15 is 0 Å². The number of piperazine rings is 1. The fourth-order valence-corrected chi connectivity index (χ4v) is 4.01. The highest BCUT2D eigenvalue weighted by Gasteiger charge is 2.46. The maximum absolute atomic E-state index is 12.9. The Balaban J connectivity index is 1.14. The first-order valence-electron chi connectivity index (χ1n) is 9.88. The van der Waals surface area contributed by atoms with Gasteiger partial charge in [0.15, 0.2) is 11.5 Å². The molecule has 1 saturated carbocycles. The molecule has 2 aromatic rings. The molecule has 2 amide bonds. The van der Waals surface area contributed by atoms with Crippen LogP contribution in [0.25, 0.3) is 6.08 Å². The maximum Gasteiger partial charge on any atom is 0.246 e. The lowest BCUT2D eigenvalue weighted by Gasteiger charge is -2.34. The second kappa shape index (κ2) is 7.31. The van der Waals surface area contributed by atoms with Crippen LogP contribution < -0.4 is 9.47 Å². The minimum atomic E-state index is -0.0573. The van der Waals surface area contributed by atoms with E-state index in [-0.39, 0.29) is 30.4 Å². The number of hydrogen-bond donors (Lipinski definition) is 0. The number of nitrogens with zero attached hydrogens (tertiary/aromatic N) is 2. The Hall–Kier alpha value is -3.22. The van der Waals surface area contributed by atoms with Crippen molar-refractivity contribution in [2.75, 3.05) is 33.0 Å². The first-order chi connectivity index (χ1) is 14.2. The van der Waals surface area contributed by atoms with E-state index in [1.54, 1.807) is 29.4 Å². The summed E-state index contributed by atoms with van der Waals surface area (Å²) in [7, 11) is 0. The zero-order chi connectivity index (χ0) is 19.8. The molecule has 7 nitrogen and oxygen atoms in total. The Kier molecular flexibility index (Phi) is 4.50. The van der Waals surface area contributed by atoms with Crippen molar-refractivity contribution in [1.29, 1.82) is 0 Å². The van der Waals surface area contributed by atoms with Crippen LogP contribution in [0.4, 0.5) is 0 Å². The normalized spacial score (nSPS) is 22.9. The van der Waals surface area contributed by atoms with Crippen molar-refractivity contribution in [2.24, 2.45) is 5.92 Å². The summed E-state index contributed by atoms with van der Waals surface area (Å²) < 4.78 is 16.0. The Morgan fingerprint density at radius 1 is 1.00 bits per heavy atom. The molecule has 7 heteroatoms. The van der Waals surface area contributed by atoms with Crippen molar-refractivity contribution in [3.8, 4) is 11.5 Å². The molecule has 0 radical (unpaired) electrons. The van der Waals surface area contributed by atoms with Crippen molar-refractivity contribution >= 4 is 17.9 Å². The summed E-state index contributed by atoms with van der Waals surface area (Å²) in [6, 6.07) is 9.50. The highest BCUT2D eigenvalue weighted by atomic mass is 16.7. The van der Waals surface area contributed by atoms with Crippen LogP contribution in [0.1, 0.15) is 23.7 Å². The predicted octanol–water partition coefficient (Wildman–Crippen LogP) is 2.50. The van der Waals surface area contributed by atoms with E-state index in [1.165, 1.54) is 6.08 Å². The molecule has 0 spiro atoms. The van der Waals surface area contributed by atoms with Crippen LogP contribution in [0.3, 0.4) is 0 Å². The number of carbonyl (C=O) groups excluding carboxylic acids is 2. The second-order valence-corrected chi connectivity index (χ2v) is 7.56. The van der Waals surface area contributed by atoms with Crippen LogP contribution in [0, 0.1) is 5.92 Å². The smallest absolute Gasteiger partial charge is 0.246 e. The molecule has 29 heavy (non-hydrogen) atoms. The van der Waals surface area contributed by atoms with Crippen LogP contribution in [0.2, 0.25) is 0 Å². The lowest BCUT2D eigenvalue weighted by molar-refractivity contribution is -0.138.